The number of hydrogen-bond acceptors (Lipinski definition) is 4. The Morgan fingerprint density at radius 3 is 2.90 bits per heavy atom. The molecule has 0 amide bonds. The Kier molecular flexibility index (Phi) is 4.93. The van der Waals surface area contributed by atoms with Crippen LogP contribution in [0.3, 0.4) is 0 Å². The number of rotatable bonds is 4. The number of aromatic nitrogens is 2. The van der Waals surface area contributed by atoms with Crippen LogP contribution in [-0.2, 0) is 4.74 Å². The maximum absolute atomic E-state index is 12.0. The summed E-state index contributed by atoms with van der Waals surface area (Å²) in [5.74, 6) is 1.12. The summed E-state index contributed by atoms with van der Waals surface area (Å²) in [5, 5.41) is 0. The number of hydrogen-bond donors (Lipinski definition) is 1. The van der Waals surface area contributed by atoms with E-state index in [1.165, 1.54) is 25.5 Å². The molecule has 1 heterocycles. The van der Waals surface area contributed by atoms with Crippen LogP contribution in [0.15, 0.2) is 11.0 Å². The van der Waals surface area contributed by atoms with Gasteiger partial charge in [-0.2, -0.15) is 0 Å². The lowest BCUT2D eigenvalue weighted by atomic mass is 9.80. The van der Waals surface area contributed by atoms with E-state index in [0.717, 1.165) is 12.8 Å². The largest absolute Gasteiger partial charge is 0.462 e. The second kappa shape index (κ2) is 6.68. The third kappa shape index (κ3) is 3.26. The molecular formula is C15H22N2O3. The van der Waals surface area contributed by atoms with Crippen molar-refractivity contribution in [3.05, 3.63) is 27.9 Å². The summed E-state index contributed by atoms with van der Waals surface area (Å²) in [6.45, 7) is 4.16. The summed E-state index contributed by atoms with van der Waals surface area (Å²) < 4.78 is 4.83. The van der Waals surface area contributed by atoms with Crippen molar-refractivity contribution in [3.63, 3.8) is 0 Å². The SMILES string of the molecule is CCOC(=O)c1cnc(C2CCCC(CC)C2)[nH]c1=O. The molecule has 1 saturated carbocycles. The third-order valence-electron chi connectivity index (χ3n) is 4.06. The molecule has 0 saturated heterocycles. The molecule has 1 N–H and O–H groups in total. The second-order valence-corrected chi connectivity index (χ2v) is 5.37. The van der Waals surface area contributed by atoms with E-state index >= 15 is 0 Å². The quantitative estimate of drug-likeness (QED) is 0.859. The van der Waals surface area contributed by atoms with Gasteiger partial charge in [0.1, 0.15) is 11.4 Å². The van der Waals surface area contributed by atoms with E-state index in [0.29, 0.717) is 17.7 Å². The van der Waals surface area contributed by atoms with Gasteiger partial charge in [-0.25, -0.2) is 9.78 Å². The maximum Gasteiger partial charge on any atom is 0.345 e. The number of aromatic amines is 1. The highest BCUT2D eigenvalue weighted by molar-refractivity contribution is 5.88. The number of carbonyl (C=O) groups excluding carboxylic acids is 1. The van der Waals surface area contributed by atoms with Crippen molar-refractivity contribution in [1.82, 2.24) is 9.97 Å². The Labute approximate surface area is 118 Å². The van der Waals surface area contributed by atoms with Crippen LogP contribution >= 0.6 is 0 Å². The van der Waals surface area contributed by atoms with Gasteiger partial charge in [0, 0.05) is 12.1 Å². The number of nitrogens with zero attached hydrogens (tertiary/aromatic N) is 1. The second-order valence-electron chi connectivity index (χ2n) is 5.37. The van der Waals surface area contributed by atoms with E-state index < -0.39 is 11.5 Å². The molecule has 1 fully saturated rings. The molecule has 0 bridgehead atoms. The normalized spacial score (nSPS) is 22.5. The number of carbonyl (C=O) groups is 1. The zero-order valence-corrected chi connectivity index (χ0v) is 12.1. The molecule has 1 aliphatic carbocycles. The molecule has 0 aromatic carbocycles. The van der Waals surface area contributed by atoms with Crippen molar-refractivity contribution in [3.8, 4) is 0 Å². The maximum atomic E-state index is 12.0. The van der Waals surface area contributed by atoms with Crippen LogP contribution in [0.25, 0.3) is 0 Å². The zero-order valence-electron chi connectivity index (χ0n) is 12.1. The summed E-state index contributed by atoms with van der Waals surface area (Å²) in [6.07, 6.45) is 7.07. The van der Waals surface area contributed by atoms with Gasteiger partial charge in [-0.15, -0.1) is 0 Å². The fourth-order valence-electron chi connectivity index (χ4n) is 2.88. The van der Waals surface area contributed by atoms with Crippen LogP contribution in [0, 0.1) is 5.92 Å². The van der Waals surface area contributed by atoms with E-state index in [2.05, 4.69) is 16.9 Å². The number of ether oxygens (including phenoxy) is 1. The van der Waals surface area contributed by atoms with Crippen LogP contribution in [0.2, 0.25) is 0 Å². The van der Waals surface area contributed by atoms with Crippen LogP contribution in [0.4, 0.5) is 0 Å². The number of nitrogens with one attached hydrogen (secondary N) is 1. The van der Waals surface area contributed by atoms with Gasteiger partial charge in [0.25, 0.3) is 5.56 Å². The fourth-order valence-corrected chi connectivity index (χ4v) is 2.88. The van der Waals surface area contributed by atoms with E-state index in [1.54, 1.807) is 6.92 Å². The van der Waals surface area contributed by atoms with Gasteiger partial charge in [0.05, 0.1) is 6.61 Å². The van der Waals surface area contributed by atoms with E-state index in [4.69, 9.17) is 4.74 Å². The van der Waals surface area contributed by atoms with Gasteiger partial charge in [-0.05, 0) is 25.7 Å². The highest BCUT2D eigenvalue weighted by atomic mass is 16.5. The summed E-state index contributed by atoms with van der Waals surface area (Å²) in [4.78, 5) is 30.6. The van der Waals surface area contributed by atoms with Crippen molar-refractivity contribution in [2.24, 2.45) is 5.92 Å². The molecular weight excluding hydrogens is 256 g/mol. The molecule has 20 heavy (non-hydrogen) atoms. The lowest BCUT2D eigenvalue weighted by Gasteiger charge is -2.27. The zero-order chi connectivity index (χ0) is 14.5. The monoisotopic (exact) mass is 278 g/mol. The van der Waals surface area contributed by atoms with Crippen molar-refractivity contribution < 1.29 is 9.53 Å². The standard InChI is InChI=1S/C15H22N2O3/c1-3-10-6-5-7-11(8-10)13-16-9-12(14(18)17-13)15(19)20-4-2/h9-11H,3-8H2,1-2H3,(H,16,17,18). The first-order chi connectivity index (χ1) is 9.65. The minimum Gasteiger partial charge on any atom is -0.462 e. The molecule has 0 spiro atoms. The van der Waals surface area contributed by atoms with Gasteiger partial charge in [-0.3, -0.25) is 4.79 Å². The first kappa shape index (κ1) is 14.8. The lowest BCUT2D eigenvalue weighted by molar-refractivity contribution is 0.0523. The van der Waals surface area contributed by atoms with E-state index in [-0.39, 0.29) is 12.2 Å². The van der Waals surface area contributed by atoms with Gasteiger partial charge >= 0.3 is 5.97 Å². The number of esters is 1. The molecule has 5 heteroatoms. The highest BCUT2D eigenvalue weighted by Crippen LogP contribution is 2.35. The molecule has 2 unspecified atom stereocenters. The summed E-state index contributed by atoms with van der Waals surface area (Å²) >= 11 is 0. The molecule has 110 valence electrons. The predicted molar refractivity (Wildman–Crippen MR) is 75.8 cm³/mol. The fraction of sp³-hybridized carbons (Fsp3) is 0.667. The van der Waals surface area contributed by atoms with Crippen LogP contribution in [0.5, 0.6) is 0 Å². The molecule has 1 aliphatic rings. The predicted octanol–water partition coefficient (Wildman–Crippen LogP) is 2.63. The van der Waals surface area contributed by atoms with Gasteiger partial charge in [0.15, 0.2) is 0 Å². The molecule has 2 rings (SSSR count). The topological polar surface area (TPSA) is 72.0 Å². The lowest BCUT2D eigenvalue weighted by Crippen LogP contribution is -2.24. The minimum atomic E-state index is -0.608. The van der Waals surface area contributed by atoms with Crippen molar-refractivity contribution in [2.45, 2.75) is 51.9 Å². The van der Waals surface area contributed by atoms with Crippen LogP contribution in [0.1, 0.15) is 68.1 Å². The Balaban J connectivity index is 2.16. The smallest absolute Gasteiger partial charge is 0.345 e. The van der Waals surface area contributed by atoms with Crippen LogP contribution < -0.4 is 5.56 Å². The summed E-state index contributed by atoms with van der Waals surface area (Å²) in [5.41, 5.74) is -0.412. The first-order valence-electron chi connectivity index (χ1n) is 7.42. The third-order valence-corrected chi connectivity index (χ3v) is 4.06. The average molecular weight is 278 g/mol. The molecule has 1 aromatic heterocycles. The summed E-state index contributed by atoms with van der Waals surface area (Å²) in [7, 11) is 0. The van der Waals surface area contributed by atoms with Crippen molar-refractivity contribution >= 4 is 5.97 Å². The number of H-pyrrole nitrogens is 1. The van der Waals surface area contributed by atoms with Crippen LogP contribution in [-0.4, -0.2) is 22.5 Å². The van der Waals surface area contributed by atoms with Gasteiger partial charge < -0.3 is 9.72 Å². The average Bonchev–Trinajstić information content (AvgIpc) is 2.47. The highest BCUT2D eigenvalue weighted by Gasteiger charge is 2.24. The van der Waals surface area contributed by atoms with Crippen molar-refractivity contribution in [1.29, 1.82) is 0 Å². The molecule has 0 radical (unpaired) electrons. The minimum absolute atomic E-state index is 0.0153. The Bertz CT molecular complexity index is 524. The Morgan fingerprint density at radius 1 is 1.45 bits per heavy atom. The molecule has 2 atom stereocenters. The van der Waals surface area contributed by atoms with Crippen molar-refractivity contribution in [2.75, 3.05) is 6.61 Å². The Hall–Kier alpha value is -1.65. The molecule has 1 aromatic rings. The van der Waals surface area contributed by atoms with Gasteiger partial charge in [-0.1, -0.05) is 26.2 Å². The van der Waals surface area contributed by atoms with Gasteiger partial charge in [0.2, 0.25) is 0 Å². The van der Waals surface area contributed by atoms with E-state index in [1.807, 2.05) is 0 Å². The first-order valence-corrected chi connectivity index (χ1v) is 7.42. The van der Waals surface area contributed by atoms with E-state index in [9.17, 15) is 9.59 Å². The summed E-state index contributed by atoms with van der Waals surface area (Å²) in [6, 6.07) is 0. The molecule has 5 nitrogen and oxygen atoms in total. The Morgan fingerprint density at radius 2 is 2.25 bits per heavy atom. The molecule has 0 aliphatic heterocycles.